The molecule has 20 heteroatoms. The SMILES string of the molecule is NC(=O)[C@@H]1CSc2ccc([N+](=O)[O-])cc2C(=O)NC2(Cc3ccccc3C2)C(=O)N[C@H](Cc2ccccc2)C(=O)N[C@@H](CCCN=C(N)N)C(=O)N[C@@H](Cc2c[nH]c3ccccc23)C(=O)N1. The van der Waals surface area contributed by atoms with Crippen LogP contribution in [0.25, 0.3) is 10.9 Å². The number of para-hydroxylation sites is 1. The van der Waals surface area contributed by atoms with Gasteiger partial charge < -0.3 is 48.8 Å². The molecule has 0 radical (unpaired) electrons. The summed E-state index contributed by atoms with van der Waals surface area (Å²) in [5, 5.41) is 26.8. The molecule has 0 saturated carbocycles. The van der Waals surface area contributed by atoms with Gasteiger partial charge in [-0.05, 0) is 47.2 Å². The first-order valence-corrected chi connectivity index (χ1v) is 22.1. The molecule has 19 nitrogen and oxygen atoms in total. The van der Waals surface area contributed by atoms with Crippen LogP contribution >= 0.6 is 11.8 Å². The Bertz CT molecular complexity index is 2680. The molecular weight excluding hydrogens is 867 g/mol. The van der Waals surface area contributed by atoms with Crippen molar-refractivity contribution in [2.45, 2.75) is 73.1 Å². The summed E-state index contributed by atoms with van der Waals surface area (Å²) in [6.45, 7) is 0.0949. The first-order valence-electron chi connectivity index (χ1n) is 21.2. The van der Waals surface area contributed by atoms with Crippen LogP contribution in [0.5, 0.6) is 0 Å². The van der Waals surface area contributed by atoms with E-state index in [9.17, 15) is 38.9 Å². The highest BCUT2D eigenvalue weighted by Crippen LogP contribution is 2.33. The molecule has 0 fully saturated rings. The lowest BCUT2D eigenvalue weighted by atomic mass is 9.92. The number of non-ortho nitro benzene ring substituents is 1. The summed E-state index contributed by atoms with van der Waals surface area (Å²) in [4.78, 5) is 105. The number of primary amides is 1. The first-order chi connectivity index (χ1) is 31.7. The van der Waals surface area contributed by atoms with Gasteiger partial charge in [-0.15, -0.1) is 11.8 Å². The molecule has 66 heavy (non-hydrogen) atoms. The molecule has 4 aromatic carbocycles. The molecule has 4 atom stereocenters. The largest absolute Gasteiger partial charge is 0.370 e. The van der Waals surface area contributed by atoms with E-state index in [1.807, 2.05) is 36.4 Å². The smallest absolute Gasteiger partial charge is 0.270 e. The van der Waals surface area contributed by atoms with Crippen molar-refractivity contribution in [3.63, 3.8) is 0 Å². The van der Waals surface area contributed by atoms with E-state index in [0.29, 0.717) is 11.1 Å². The molecule has 1 aliphatic heterocycles. The van der Waals surface area contributed by atoms with Crippen LogP contribution in [0.1, 0.15) is 45.5 Å². The second kappa shape index (κ2) is 20.4. The van der Waals surface area contributed by atoms with Gasteiger partial charge in [0.05, 0.1) is 10.5 Å². The van der Waals surface area contributed by atoms with Crippen LogP contribution in [0.4, 0.5) is 5.69 Å². The Morgan fingerprint density at radius 3 is 2.11 bits per heavy atom. The molecule has 12 N–H and O–H groups in total. The zero-order valence-corrected chi connectivity index (χ0v) is 36.4. The topological polar surface area (TPSA) is 312 Å². The van der Waals surface area contributed by atoms with Crippen LogP contribution in [0.15, 0.2) is 113 Å². The molecule has 7 rings (SSSR count). The molecule has 2 aliphatic rings. The predicted octanol–water partition coefficient (Wildman–Crippen LogP) is 1.41. The second-order valence-electron chi connectivity index (χ2n) is 16.2. The number of carbonyl (C=O) groups is 6. The number of nitro benzene ring substituents is 1. The van der Waals surface area contributed by atoms with Crippen molar-refractivity contribution >= 4 is 69.8 Å². The fourth-order valence-electron chi connectivity index (χ4n) is 8.18. The molecule has 1 aromatic heterocycles. The molecule has 6 amide bonds. The lowest BCUT2D eigenvalue weighted by Crippen LogP contribution is -2.64. The number of nitrogens with zero attached hydrogens (tertiary/aromatic N) is 2. The van der Waals surface area contributed by atoms with Gasteiger partial charge in [-0.25, -0.2) is 0 Å². The monoisotopic (exact) mass is 915 g/mol. The van der Waals surface area contributed by atoms with Crippen molar-refractivity contribution in [2.24, 2.45) is 22.2 Å². The van der Waals surface area contributed by atoms with Gasteiger partial charge in [-0.3, -0.25) is 43.9 Å². The maximum atomic E-state index is 14.9. The van der Waals surface area contributed by atoms with Crippen LogP contribution in [0.3, 0.4) is 0 Å². The van der Waals surface area contributed by atoms with Gasteiger partial charge >= 0.3 is 0 Å². The maximum Gasteiger partial charge on any atom is 0.270 e. The van der Waals surface area contributed by atoms with E-state index in [1.54, 1.807) is 48.7 Å². The number of rotatable bonds is 10. The van der Waals surface area contributed by atoms with Crippen molar-refractivity contribution < 1.29 is 33.7 Å². The zero-order chi connectivity index (χ0) is 47.0. The van der Waals surface area contributed by atoms with Crippen LogP contribution in [0, 0.1) is 10.1 Å². The van der Waals surface area contributed by atoms with E-state index in [1.165, 1.54) is 12.1 Å². The number of guanidine groups is 1. The van der Waals surface area contributed by atoms with Crippen molar-refractivity contribution in [2.75, 3.05) is 12.3 Å². The molecule has 2 heterocycles. The van der Waals surface area contributed by atoms with Crippen LogP contribution < -0.4 is 43.8 Å². The van der Waals surface area contributed by atoms with Crippen LogP contribution in [-0.2, 0) is 49.7 Å². The molecule has 342 valence electrons. The normalized spacial score (nSPS) is 20.2. The lowest BCUT2D eigenvalue weighted by Gasteiger charge is -2.32. The highest BCUT2D eigenvalue weighted by Gasteiger charge is 2.47. The minimum Gasteiger partial charge on any atom is -0.370 e. The number of carbonyl (C=O) groups excluding carboxylic acids is 6. The molecule has 1 aliphatic carbocycles. The predicted molar refractivity (Wildman–Crippen MR) is 247 cm³/mol. The summed E-state index contributed by atoms with van der Waals surface area (Å²) >= 11 is 0.925. The molecule has 0 saturated heterocycles. The average molecular weight is 916 g/mol. The van der Waals surface area contributed by atoms with E-state index >= 15 is 0 Å². The first kappa shape index (κ1) is 46.3. The number of nitrogens with two attached hydrogens (primary N) is 3. The Morgan fingerprint density at radius 2 is 1.41 bits per heavy atom. The number of aromatic nitrogens is 1. The standard InChI is InChI=1S/C46H49N11O8S/c47-39(58)37-25-66-38-17-16-30(57(64)65)21-32(38)40(59)56-46(22-27-11-4-5-12-28(27)23-46)44(63)55-35(19-26-9-2-1-3-10-26)42(61)52-34(15-8-18-50-45(48)49)41(60)53-36(43(62)54-37)20-29-24-51-33-14-7-6-13-31(29)33/h1-7,9-14,16-17,21,24,34-37,51H,8,15,18-20,22-23,25H2,(H2,47,58)(H,52,61)(H,53,60)(H,54,62)(H,55,63)(H,56,59)(H4,48,49,50)/t34-,35+,36-,37-/m0/s1. The highest BCUT2D eigenvalue weighted by atomic mass is 32.2. The number of amides is 6. The fourth-order valence-corrected chi connectivity index (χ4v) is 9.25. The molecule has 1 spiro atoms. The number of benzene rings is 4. The second-order valence-corrected chi connectivity index (χ2v) is 17.3. The third kappa shape index (κ3) is 10.9. The highest BCUT2D eigenvalue weighted by molar-refractivity contribution is 7.99. The number of thioether (sulfide) groups is 1. The van der Waals surface area contributed by atoms with Crippen molar-refractivity contribution in [1.82, 2.24) is 31.6 Å². The van der Waals surface area contributed by atoms with Gasteiger partial charge in [0, 0.05) is 72.1 Å². The zero-order valence-electron chi connectivity index (χ0n) is 35.6. The summed E-state index contributed by atoms with van der Waals surface area (Å²) in [7, 11) is 0. The van der Waals surface area contributed by atoms with Crippen LogP contribution in [0.2, 0.25) is 0 Å². The Hall–Kier alpha value is -7.74. The van der Waals surface area contributed by atoms with Crippen molar-refractivity contribution in [3.05, 3.63) is 141 Å². The fraction of sp³-hybridized carbons (Fsp3) is 0.283. The van der Waals surface area contributed by atoms with E-state index in [-0.39, 0.29) is 67.2 Å². The van der Waals surface area contributed by atoms with Gasteiger partial charge in [0.2, 0.25) is 29.5 Å². The number of aliphatic imine (C=N–C) groups is 1. The maximum absolute atomic E-state index is 14.9. The molecule has 0 unspecified atom stereocenters. The molecule has 5 aromatic rings. The summed E-state index contributed by atoms with van der Waals surface area (Å²) in [6.07, 6.45) is 1.78. The molecular formula is C46H49N11O8S. The molecule has 0 bridgehead atoms. The lowest BCUT2D eigenvalue weighted by molar-refractivity contribution is -0.384. The average Bonchev–Trinajstić information content (AvgIpc) is 3.89. The Balaban J connectivity index is 1.32. The number of nitrogens with one attached hydrogen (secondary N) is 6. The van der Waals surface area contributed by atoms with Gasteiger partial charge in [-0.2, -0.15) is 0 Å². The number of H-pyrrole nitrogens is 1. The van der Waals surface area contributed by atoms with Gasteiger partial charge in [0.25, 0.3) is 11.6 Å². The Morgan fingerprint density at radius 1 is 0.773 bits per heavy atom. The van der Waals surface area contributed by atoms with E-state index < -0.39 is 75.8 Å². The number of hydrogen-bond acceptors (Lipinski definition) is 10. The van der Waals surface area contributed by atoms with Crippen molar-refractivity contribution in [1.29, 1.82) is 0 Å². The number of fused-ring (bicyclic) bond motifs is 3. The summed E-state index contributed by atoms with van der Waals surface area (Å²) in [6, 6.07) is 21.7. The van der Waals surface area contributed by atoms with Gasteiger partial charge in [-0.1, -0.05) is 72.8 Å². The number of hydrogen-bond donors (Lipinski definition) is 9. The Kier molecular flexibility index (Phi) is 14.3. The Labute approximate surface area is 382 Å². The number of aromatic amines is 1. The minimum atomic E-state index is -1.71. The summed E-state index contributed by atoms with van der Waals surface area (Å²) < 4.78 is 0. The summed E-state index contributed by atoms with van der Waals surface area (Å²) in [5.41, 5.74) is 18.3. The van der Waals surface area contributed by atoms with E-state index in [2.05, 4.69) is 36.6 Å². The quantitative estimate of drug-likeness (QED) is 0.0317. The van der Waals surface area contributed by atoms with Gasteiger partial charge in [0.1, 0.15) is 29.7 Å². The third-order valence-electron chi connectivity index (χ3n) is 11.6. The summed E-state index contributed by atoms with van der Waals surface area (Å²) in [5.74, 6) is -5.24. The minimum absolute atomic E-state index is 0.00124. The number of nitro groups is 1. The van der Waals surface area contributed by atoms with E-state index in [0.717, 1.165) is 39.9 Å². The van der Waals surface area contributed by atoms with E-state index in [4.69, 9.17) is 17.2 Å². The van der Waals surface area contributed by atoms with Crippen LogP contribution in [-0.4, -0.2) is 93.3 Å². The van der Waals surface area contributed by atoms with Gasteiger partial charge in [0.15, 0.2) is 5.96 Å². The third-order valence-corrected chi connectivity index (χ3v) is 12.8. The van der Waals surface area contributed by atoms with Crippen molar-refractivity contribution in [3.8, 4) is 0 Å².